The predicted molar refractivity (Wildman–Crippen MR) is 128 cm³/mol. The van der Waals surface area contributed by atoms with Crippen molar-refractivity contribution in [1.82, 2.24) is 0 Å². The maximum Gasteiger partial charge on any atom is 0.124 e. The highest BCUT2D eigenvalue weighted by atomic mass is 16.3. The number of aliphatic imine (C=N–C) groups is 1. The van der Waals surface area contributed by atoms with Gasteiger partial charge < -0.3 is 10.2 Å². The molecule has 0 bridgehead atoms. The Morgan fingerprint density at radius 1 is 0.742 bits per heavy atom. The summed E-state index contributed by atoms with van der Waals surface area (Å²) in [5.74, 6) is 0.187. The Morgan fingerprint density at radius 2 is 1.39 bits per heavy atom. The average molecular weight is 408 g/mol. The van der Waals surface area contributed by atoms with Crippen molar-refractivity contribution in [2.75, 3.05) is 0 Å². The average Bonchev–Trinajstić information content (AvgIpc) is 2.83. The molecule has 3 nitrogen and oxygen atoms in total. The van der Waals surface area contributed by atoms with Crippen molar-refractivity contribution in [2.45, 2.75) is 19.4 Å². The summed E-state index contributed by atoms with van der Waals surface area (Å²) in [5, 5.41) is 20.8. The molecule has 0 aliphatic carbocycles. The number of rotatable bonds is 6. The summed E-state index contributed by atoms with van der Waals surface area (Å²) < 4.78 is 0. The van der Waals surface area contributed by atoms with Crippen LogP contribution in [0, 0.1) is 0 Å². The molecule has 31 heavy (non-hydrogen) atoms. The molecular formula is C28H25NO2. The molecule has 0 aromatic heterocycles. The molecule has 3 heteroatoms. The van der Waals surface area contributed by atoms with Crippen molar-refractivity contribution in [1.29, 1.82) is 0 Å². The molecule has 0 aliphatic rings. The maximum absolute atomic E-state index is 10.6. The lowest BCUT2D eigenvalue weighted by molar-refractivity contribution is 0.174. The number of hydrogen-bond acceptors (Lipinski definition) is 3. The van der Waals surface area contributed by atoms with Crippen LogP contribution >= 0.6 is 0 Å². The normalized spacial score (nSPS) is 12.2. The Morgan fingerprint density at radius 3 is 2.16 bits per heavy atom. The Hall–Kier alpha value is -3.69. The number of aliphatic hydroxyl groups is 1. The van der Waals surface area contributed by atoms with Gasteiger partial charge in [-0.15, -0.1) is 0 Å². The molecule has 1 atom stereocenters. The zero-order chi connectivity index (χ0) is 21.6. The minimum absolute atomic E-state index is 0.187. The van der Waals surface area contributed by atoms with E-state index in [1.54, 1.807) is 18.3 Å². The Labute approximate surface area is 183 Å². The number of hydrogen-bond donors (Lipinski definition) is 2. The summed E-state index contributed by atoms with van der Waals surface area (Å²) in [5.41, 5.74) is 6.28. The Kier molecular flexibility index (Phi) is 6.25. The number of phenolic OH excluding ortho intramolecular Hbond substituents is 1. The molecule has 0 saturated heterocycles. The highest BCUT2D eigenvalue weighted by molar-refractivity contribution is 5.94. The molecule has 2 N–H and O–H groups in total. The van der Waals surface area contributed by atoms with Gasteiger partial charge in [-0.25, -0.2) is 0 Å². The van der Waals surface area contributed by atoms with Crippen LogP contribution in [0.5, 0.6) is 5.75 Å². The van der Waals surface area contributed by atoms with Crippen LogP contribution in [0.3, 0.4) is 0 Å². The lowest BCUT2D eigenvalue weighted by Crippen LogP contribution is -1.98. The molecule has 0 spiro atoms. The van der Waals surface area contributed by atoms with E-state index in [0.29, 0.717) is 12.0 Å². The topological polar surface area (TPSA) is 52.8 Å². The lowest BCUT2D eigenvalue weighted by atomic mass is 9.91. The summed E-state index contributed by atoms with van der Waals surface area (Å²) in [7, 11) is 0. The first-order valence-corrected chi connectivity index (χ1v) is 10.5. The molecule has 0 saturated carbocycles. The van der Waals surface area contributed by atoms with Gasteiger partial charge in [0.1, 0.15) is 5.75 Å². The molecule has 4 rings (SSSR count). The second kappa shape index (κ2) is 9.41. The summed E-state index contributed by atoms with van der Waals surface area (Å²) in [6.45, 7) is 1.97. The molecule has 1 unspecified atom stereocenters. The molecule has 0 fully saturated rings. The van der Waals surface area contributed by atoms with E-state index >= 15 is 0 Å². The summed E-state index contributed by atoms with van der Waals surface area (Å²) in [6.07, 6.45) is 1.78. The minimum atomic E-state index is -0.549. The van der Waals surface area contributed by atoms with Gasteiger partial charge >= 0.3 is 0 Å². The zero-order valence-corrected chi connectivity index (χ0v) is 17.4. The molecule has 0 heterocycles. The molecule has 154 valence electrons. The molecule has 0 radical (unpaired) electrons. The van der Waals surface area contributed by atoms with E-state index in [-0.39, 0.29) is 5.75 Å². The van der Waals surface area contributed by atoms with Crippen LogP contribution in [-0.4, -0.2) is 16.4 Å². The monoisotopic (exact) mass is 407 g/mol. The largest absolute Gasteiger partial charge is 0.507 e. The summed E-state index contributed by atoms with van der Waals surface area (Å²) in [4.78, 5) is 4.85. The second-order valence-corrected chi connectivity index (χ2v) is 7.40. The van der Waals surface area contributed by atoms with E-state index in [0.717, 1.165) is 33.5 Å². The fourth-order valence-electron chi connectivity index (χ4n) is 3.73. The van der Waals surface area contributed by atoms with Gasteiger partial charge in [0.25, 0.3) is 0 Å². The standard InChI is InChI=1S/C28H25NO2/c1-2-26(30)24-15-8-7-14-23(24)25-17-10-16-22(20-11-4-3-5-12-20)28(25)29-19-21-13-6-9-18-27(21)31/h3-19,26,30-31H,2H2,1H3. The quantitative estimate of drug-likeness (QED) is 0.341. The van der Waals surface area contributed by atoms with Gasteiger partial charge in [0, 0.05) is 22.9 Å². The fourth-order valence-corrected chi connectivity index (χ4v) is 3.73. The Balaban J connectivity index is 1.94. The van der Waals surface area contributed by atoms with Crippen molar-refractivity contribution < 1.29 is 10.2 Å². The van der Waals surface area contributed by atoms with Crippen LogP contribution < -0.4 is 0 Å². The van der Waals surface area contributed by atoms with Gasteiger partial charge in [-0.1, -0.05) is 91.9 Å². The van der Waals surface area contributed by atoms with Crippen LogP contribution in [0.4, 0.5) is 5.69 Å². The van der Waals surface area contributed by atoms with Crippen molar-refractivity contribution >= 4 is 11.9 Å². The SMILES string of the molecule is CCC(O)c1ccccc1-c1cccc(-c2ccccc2)c1N=Cc1ccccc1O. The number of aromatic hydroxyl groups is 1. The lowest BCUT2D eigenvalue weighted by Gasteiger charge is -2.17. The summed E-state index contributed by atoms with van der Waals surface area (Å²) >= 11 is 0. The van der Waals surface area contributed by atoms with Gasteiger partial charge in [0.2, 0.25) is 0 Å². The molecular weight excluding hydrogens is 382 g/mol. The molecule has 0 amide bonds. The first-order chi connectivity index (χ1) is 15.2. The number of aliphatic hydroxyl groups excluding tert-OH is 1. The number of nitrogens with zero attached hydrogens (tertiary/aromatic N) is 1. The van der Waals surface area contributed by atoms with Crippen LogP contribution in [0.25, 0.3) is 22.3 Å². The van der Waals surface area contributed by atoms with Gasteiger partial charge in [0.05, 0.1) is 11.8 Å². The van der Waals surface area contributed by atoms with Crippen LogP contribution in [0.1, 0.15) is 30.6 Å². The third-order valence-corrected chi connectivity index (χ3v) is 5.39. The van der Waals surface area contributed by atoms with E-state index in [4.69, 9.17) is 4.99 Å². The Bertz CT molecular complexity index is 1200. The minimum Gasteiger partial charge on any atom is -0.507 e. The fraction of sp³-hybridized carbons (Fsp3) is 0.107. The van der Waals surface area contributed by atoms with Gasteiger partial charge in [0.15, 0.2) is 0 Å². The van der Waals surface area contributed by atoms with Crippen LogP contribution in [-0.2, 0) is 0 Å². The highest BCUT2D eigenvalue weighted by Crippen LogP contribution is 2.41. The van der Waals surface area contributed by atoms with Gasteiger partial charge in [-0.3, -0.25) is 4.99 Å². The van der Waals surface area contributed by atoms with Crippen molar-refractivity contribution in [2.24, 2.45) is 4.99 Å². The number of benzene rings is 4. The van der Waals surface area contributed by atoms with E-state index in [9.17, 15) is 10.2 Å². The summed E-state index contributed by atoms with van der Waals surface area (Å²) in [6, 6.07) is 31.3. The number of phenols is 1. The highest BCUT2D eigenvalue weighted by Gasteiger charge is 2.17. The molecule has 4 aromatic carbocycles. The number of para-hydroxylation sites is 2. The van der Waals surface area contributed by atoms with Crippen LogP contribution in [0.2, 0.25) is 0 Å². The first-order valence-electron chi connectivity index (χ1n) is 10.5. The third kappa shape index (κ3) is 4.42. The van der Waals surface area contributed by atoms with Crippen molar-refractivity contribution in [3.05, 3.63) is 108 Å². The molecule has 4 aromatic rings. The zero-order valence-electron chi connectivity index (χ0n) is 17.4. The van der Waals surface area contributed by atoms with Gasteiger partial charge in [-0.2, -0.15) is 0 Å². The predicted octanol–water partition coefficient (Wildman–Crippen LogP) is 6.92. The van der Waals surface area contributed by atoms with E-state index in [2.05, 4.69) is 18.2 Å². The second-order valence-electron chi connectivity index (χ2n) is 7.40. The van der Waals surface area contributed by atoms with Crippen molar-refractivity contribution in [3.63, 3.8) is 0 Å². The van der Waals surface area contributed by atoms with E-state index in [1.807, 2.05) is 73.7 Å². The first kappa shape index (κ1) is 20.6. The third-order valence-electron chi connectivity index (χ3n) is 5.39. The van der Waals surface area contributed by atoms with Crippen molar-refractivity contribution in [3.8, 4) is 28.0 Å². The maximum atomic E-state index is 10.6. The van der Waals surface area contributed by atoms with E-state index < -0.39 is 6.10 Å². The molecule has 0 aliphatic heterocycles. The smallest absolute Gasteiger partial charge is 0.124 e. The van der Waals surface area contributed by atoms with Crippen LogP contribution in [0.15, 0.2) is 102 Å². The van der Waals surface area contributed by atoms with E-state index in [1.165, 1.54) is 0 Å². The van der Waals surface area contributed by atoms with Gasteiger partial charge in [-0.05, 0) is 35.2 Å².